The summed E-state index contributed by atoms with van der Waals surface area (Å²) in [6.45, 7) is 0.771. The second kappa shape index (κ2) is 8.08. The SMILES string of the molecule is COCC1(C(=O)O)CCCN(C(=O)COc2ccc3c(c2)CCCC3)C1. The Morgan fingerprint density at radius 2 is 1.96 bits per heavy atom. The molecule has 1 aliphatic carbocycles. The molecule has 6 nitrogen and oxygen atoms in total. The summed E-state index contributed by atoms with van der Waals surface area (Å²) in [5, 5.41) is 9.59. The molecule has 0 saturated carbocycles. The van der Waals surface area contributed by atoms with E-state index >= 15 is 0 Å². The van der Waals surface area contributed by atoms with Crippen LogP contribution in [0.2, 0.25) is 0 Å². The minimum Gasteiger partial charge on any atom is -0.484 e. The van der Waals surface area contributed by atoms with Crippen molar-refractivity contribution in [1.29, 1.82) is 0 Å². The Bertz CT molecular complexity index is 670. The van der Waals surface area contributed by atoms with Gasteiger partial charge in [-0.1, -0.05) is 6.07 Å². The van der Waals surface area contributed by atoms with E-state index in [1.54, 1.807) is 4.90 Å². The number of benzene rings is 1. The molecule has 0 spiro atoms. The van der Waals surface area contributed by atoms with Crippen LogP contribution in [0.4, 0.5) is 0 Å². The molecule has 0 radical (unpaired) electrons. The van der Waals surface area contributed by atoms with Gasteiger partial charge < -0.3 is 19.5 Å². The summed E-state index contributed by atoms with van der Waals surface area (Å²) >= 11 is 0. The normalized spacial score (nSPS) is 22.6. The Morgan fingerprint density at radius 1 is 1.19 bits per heavy atom. The summed E-state index contributed by atoms with van der Waals surface area (Å²) in [4.78, 5) is 25.8. The topological polar surface area (TPSA) is 76.1 Å². The van der Waals surface area contributed by atoms with E-state index in [0.29, 0.717) is 25.1 Å². The van der Waals surface area contributed by atoms with Crippen LogP contribution in [0, 0.1) is 5.41 Å². The quantitative estimate of drug-likeness (QED) is 0.841. The summed E-state index contributed by atoms with van der Waals surface area (Å²) in [7, 11) is 1.49. The smallest absolute Gasteiger partial charge is 0.313 e. The minimum absolute atomic E-state index is 0.0680. The van der Waals surface area contributed by atoms with Gasteiger partial charge in [0, 0.05) is 20.2 Å². The van der Waals surface area contributed by atoms with Crippen LogP contribution < -0.4 is 4.74 Å². The number of hydrogen-bond donors (Lipinski definition) is 1. The molecular weight excluding hydrogens is 334 g/mol. The molecule has 1 fully saturated rings. The standard InChI is InChI=1S/C20H27NO5/c1-25-14-20(19(23)24)9-4-10-21(13-20)18(22)12-26-17-8-7-15-5-2-3-6-16(15)11-17/h7-8,11H,2-6,9-10,12-14H2,1H3,(H,23,24). The largest absolute Gasteiger partial charge is 0.484 e. The molecule has 1 aromatic rings. The number of nitrogens with zero attached hydrogens (tertiary/aromatic N) is 1. The van der Waals surface area contributed by atoms with Crippen LogP contribution in [0.15, 0.2) is 18.2 Å². The lowest BCUT2D eigenvalue weighted by Gasteiger charge is -2.39. The molecule has 1 heterocycles. The lowest BCUT2D eigenvalue weighted by atomic mass is 9.80. The van der Waals surface area contributed by atoms with Gasteiger partial charge >= 0.3 is 5.97 Å². The van der Waals surface area contributed by atoms with Crippen molar-refractivity contribution in [2.24, 2.45) is 5.41 Å². The number of carbonyl (C=O) groups excluding carboxylic acids is 1. The predicted molar refractivity (Wildman–Crippen MR) is 96.3 cm³/mol. The molecule has 142 valence electrons. The third kappa shape index (κ3) is 4.01. The first kappa shape index (κ1) is 18.7. The van der Waals surface area contributed by atoms with Gasteiger partial charge in [0.25, 0.3) is 5.91 Å². The lowest BCUT2D eigenvalue weighted by Crippen LogP contribution is -2.53. The fourth-order valence-electron chi connectivity index (χ4n) is 4.01. The van der Waals surface area contributed by atoms with Gasteiger partial charge in [0.15, 0.2) is 6.61 Å². The van der Waals surface area contributed by atoms with Crippen molar-refractivity contribution in [3.63, 3.8) is 0 Å². The predicted octanol–water partition coefficient (Wildman–Crippen LogP) is 2.28. The molecule has 1 atom stereocenters. The Balaban J connectivity index is 1.60. The number of piperidine rings is 1. The summed E-state index contributed by atoms with van der Waals surface area (Å²) in [5.74, 6) is -0.381. The number of carboxylic acid groups (broad SMARTS) is 1. The van der Waals surface area contributed by atoms with Gasteiger partial charge in [-0.05, 0) is 61.8 Å². The highest BCUT2D eigenvalue weighted by Crippen LogP contribution is 2.31. The van der Waals surface area contributed by atoms with Crippen molar-refractivity contribution in [2.45, 2.75) is 38.5 Å². The van der Waals surface area contributed by atoms with Crippen LogP contribution in [0.5, 0.6) is 5.75 Å². The molecule has 1 unspecified atom stereocenters. The first-order valence-corrected chi connectivity index (χ1v) is 9.29. The van der Waals surface area contributed by atoms with Gasteiger partial charge in [0.05, 0.1) is 6.61 Å². The maximum absolute atomic E-state index is 12.5. The van der Waals surface area contributed by atoms with Crippen LogP contribution in [0.3, 0.4) is 0 Å². The van der Waals surface area contributed by atoms with Gasteiger partial charge in [-0.2, -0.15) is 0 Å². The average molecular weight is 361 g/mol. The average Bonchev–Trinajstić information content (AvgIpc) is 2.66. The fourth-order valence-corrected chi connectivity index (χ4v) is 4.01. The Morgan fingerprint density at radius 3 is 2.69 bits per heavy atom. The van der Waals surface area contributed by atoms with Gasteiger partial charge in [0.2, 0.25) is 0 Å². The third-order valence-corrected chi connectivity index (χ3v) is 5.49. The molecule has 1 saturated heterocycles. The maximum atomic E-state index is 12.5. The zero-order chi connectivity index (χ0) is 18.6. The molecule has 2 aliphatic rings. The molecule has 1 amide bonds. The van der Waals surface area contributed by atoms with Crippen molar-refractivity contribution < 1.29 is 24.2 Å². The second-order valence-electron chi connectivity index (χ2n) is 7.36. The highest BCUT2D eigenvalue weighted by Gasteiger charge is 2.43. The zero-order valence-electron chi connectivity index (χ0n) is 15.3. The maximum Gasteiger partial charge on any atom is 0.313 e. The summed E-state index contributed by atoms with van der Waals surface area (Å²) in [5.41, 5.74) is 1.66. The number of aliphatic carboxylic acids is 1. The second-order valence-corrected chi connectivity index (χ2v) is 7.36. The van der Waals surface area contributed by atoms with Crippen LogP contribution in [-0.2, 0) is 27.2 Å². The molecule has 0 aromatic heterocycles. The zero-order valence-corrected chi connectivity index (χ0v) is 15.3. The van der Waals surface area contributed by atoms with Crippen molar-refractivity contribution in [2.75, 3.05) is 33.4 Å². The van der Waals surface area contributed by atoms with E-state index in [1.165, 1.54) is 31.1 Å². The minimum atomic E-state index is -1.02. The number of carboxylic acids is 1. The molecular formula is C20H27NO5. The van der Waals surface area contributed by atoms with Crippen LogP contribution in [-0.4, -0.2) is 55.3 Å². The van der Waals surface area contributed by atoms with E-state index in [-0.39, 0.29) is 25.7 Å². The number of methoxy groups -OCH3 is 1. The first-order chi connectivity index (χ1) is 12.5. The first-order valence-electron chi connectivity index (χ1n) is 9.29. The third-order valence-electron chi connectivity index (χ3n) is 5.49. The van der Waals surface area contributed by atoms with E-state index in [2.05, 4.69) is 6.07 Å². The van der Waals surface area contributed by atoms with Gasteiger partial charge in [0.1, 0.15) is 11.2 Å². The van der Waals surface area contributed by atoms with E-state index < -0.39 is 11.4 Å². The molecule has 1 N–H and O–H groups in total. The van der Waals surface area contributed by atoms with Gasteiger partial charge in [-0.3, -0.25) is 9.59 Å². The lowest BCUT2D eigenvalue weighted by molar-refractivity contribution is -0.159. The van der Waals surface area contributed by atoms with Crippen LogP contribution >= 0.6 is 0 Å². The number of hydrogen-bond acceptors (Lipinski definition) is 4. The summed E-state index contributed by atoms with van der Waals surface area (Å²) in [6, 6.07) is 6.04. The van der Waals surface area contributed by atoms with E-state index in [1.807, 2.05) is 12.1 Å². The molecule has 3 rings (SSSR count). The van der Waals surface area contributed by atoms with E-state index in [0.717, 1.165) is 12.8 Å². The van der Waals surface area contributed by atoms with Gasteiger partial charge in [-0.25, -0.2) is 0 Å². The van der Waals surface area contributed by atoms with Gasteiger partial charge in [-0.15, -0.1) is 0 Å². The number of likely N-dealkylation sites (tertiary alicyclic amines) is 1. The number of rotatable bonds is 6. The molecule has 1 aromatic carbocycles. The molecule has 0 bridgehead atoms. The Labute approximate surface area is 154 Å². The fraction of sp³-hybridized carbons (Fsp3) is 0.600. The van der Waals surface area contributed by atoms with Crippen LogP contribution in [0.25, 0.3) is 0 Å². The summed E-state index contributed by atoms with van der Waals surface area (Å²) < 4.78 is 10.8. The highest BCUT2D eigenvalue weighted by molar-refractivity contribution is 5.80. The Kier molecular flexibility index (Phi) is 5.81. The highest BCUT2D eigenvalue weighted by atomic mass is 16.5. The monoisotopic (exact) mass is 361 g/mol. The molecule has 26 heavy (non-hydrogen) atoms. The van der Waals surface area contributed by atoms with Crippen molar-refractivity contribution in [3.8, 4) is 5.75 Å². The van der Waals surface area contributed by atoms with Crippen molar-refractivity contribution in [3.05, 3.63) is 29.3 Å². The molecule has 1 aliphatic heterocycles. The van der Waals surface area contributed by atoms with Crippen molar-refractivity contribution >= 4 is 11.9 Å². The molecule has 6 heteroatoms. The number of ether oxygens (including phenoxy) is 2. The van der Waals surface area contributed by atoms with E-state index in [4.69, 9.17) is 9.47 Å². The van der Waals surface area contributed by atoms with Crippen molar-refractivity contribution in [1.82, 2.24) is 4.90 Å². The number of amides is 1. The number of aryl methyl sites for hydroxylation is 2. The number of fused-ring (bicyclic) bond motifs is 1. The van der Waals surface area contributed by atoms with Crippen LogP contribution in [0.1, 0.15) is 36.8 Å². The number of carbonyl (C=O) groups is 2. The summed E-state index contributed by atoms with van der Waals surface area (Å²) in [6.07, 6.45) is 5.77. The van der Waals surface area contributed by atoms with E-state index in [9.17, 15) is 14.7 Å². The Hall–Kier alpha value is -2.08.